The van der Waals surface area contributed by atoms with Crippen molar-refractivity contribution in [2.45, 2.75) is 19.6 Å². The van der Waals surface area contributed by atoms with Crippen molar-refractivity contribution in [1.29, 1.82) is 0 Å². The molecule has 5 nitrogen and oxygen atoms in total. The molecule has 0 atom stereocenters. The maximum Gasteiger partial charge on any atom is 0.417 e. The third-order valence-corrected chi connectivity index (χ3v) is 3.80. The first-order valence-electron chi connectivity index (χ1n) is 7.76. The highest BCUT2D eigenvalue weighted by molar-refractivity contribution is 5.96. The van der Waals surface area contributed by atoms with Gasteiger partial charge < -0.3 is 13.7 Å². The van der Waals surface area contributed by atoms with Gasteiger partial charge in [0, 0.05) is 23.2 Å². The molecule has 3 rings (SSSR count). The van der Waals surface area contributed by atoms with E-state index in [1.165, 1.54) is 0 Å². The van der Waals surface area contributed by atoms with Crippen molar-refractivity contribution in [1.82, 2.24) is 4.57 Å². The van der Waals surface area contributed by atoms with Gasteiger partial charge in [-0.15, -0.1) is 0 Å². The maximum absolute atomic E-state index is 12.9. The predicted octanol–water partition coefficient (Wildman–Crippen LogP) is 3.84. The molecular formula is C18H14F3NO4. The second-order valence-corrected chi connectivity index (χ2v) is 5.51. The molecule has 0 radical (unpaired) electrons. The highest BCUT2D eigenvalue weighted by Crippen LogP contribution is 2.30. The molecule has 0 bridgehead atoms. The molecule has 0 saturated carbocycles. The van der Waals surface area contributed by atoms with E-state index in [0.29, 0.717) is 16.5 Å². The minimum atomic E-state index is -4.59. The summed E-state index contributed by atoms with van der Waals surface area (Å²) in [6, 6.07) is 8.24. The van der Waals surface area contributed by atoms with Crippen LogP contribution in [-0.2, 0) is 17.5 Å². The second kappa shape index (κ2) is 6.70. The van der Waals surface area contributed by atoms with Crippen LogP contribution in [0.15, 0.2) is 51.8 Å². The first kappa shape index (κ1) is 17.8. The minimum absolute atomic E-state index is 0.110. The fourth-order valence-electron chi connectivity index (χ4n) is 2.61. The number of carbonyl (C=O) groups excluding carboxylic acids is 1. The quantitative estimate of drug-likeness (QED) is 0.659. The van der Waals surface area contributed by atoms with Gasteiger partial charge in [0.25, 0.3) is 5.56 Å². The number of furan rings is 1. The van der Waals surface area contributed by atoms with Crippen molar-refractivity contribution >= 4 is 16.9 Å². The van der Waals surface area contributed by atoms with Gasteiger partial charge in [-0.05, 0) is 19.1 Å². The fraction of sp³-hybridized carbons (Fsp3) is 0.222. The molecule has 2 aromatic heterocycles. The molecule has 1 aromatic carbocycles. The summed E-state index contributed by atoms with van der Waals surface area (Å²) in [5.41, 5.74) is -0.910. The lowest BCUT2D eigenvalue weighted by Gasteiger charge is -2.11. The standard InChI is InChI=1S/C18H14F3NO4/c1-2-25-17(24)16-13(12-5-3-4-6-14(12)26-16)10-22-9-11(18(19,20)21)7-8-15(22)23/h3-9H,2,10H2,1H3. The summed E-state index contributed by atoms with van der Waals surface area (Å²) in [6.07, 6.45) is -3.86. The van der Waals surface area contributed by atoms with Crippen molar-refractivity contribution in [2.75, 3.05) is 6.61 Å². The molecule has 0 spiro atoms. The Kier molecular flexibility index (Phi) is 4.58. The number of nitrogens with zero attached hydrogens (tertiary/aromatic N) is 1. The molecular weight excluding hydrogens is 351 g/mol. The summed E-state index contributed by atoms with van der Waals surface area (Å²) in [5, 5.41) is 0.528. The molecule has 0 unspecified atom stereocenters. The highest BCUT2D eigenvalue weighted by atomic mass is 19.4. The first-order chi connectivity index (χ1) is 12.3. The lowest BCUT2D eigenvalue weighted by Crippen LogP contribution is -2.22. The summed E-state index contributed by atoms with van der Waals surface area (Å²) in [6.45, 7) is 1.48. The van der Waals surface area contributed by atoms with Crippen LogP contribution < -0.4 is 5.56 Å². The Labute approximate surface area is 145 Å². The Morgan fingerprint density at radius 2 is 1.92 bits per heavy atom. The monoisotopic (exact) mass is 365 g/mol. The molecule has 0 saturated heterocycles. The molecule has 0 aliphatic rings. The van der Waals surface area contributed by atoms with Crippen molar-refractivity contribution in [3.63, 3.8) is 0 Å². The SMILES string of the molecule is CCOC(=O)c1oc2ccccc2c1Cn1cc(C(F)(F)F)ccc1=O. The number of benzene rings is 1. The number of ether oxygens (including phenoxy) is 1. The first-order valence-corrected chi connectivity index (χ1v) is 7.76. The number of para-hydroxylation sites is 1. The van der Waals surface area contributed by atoms with Crippen LogP contribution in [0.2, 0.25) is 0 Å². The van der Waals surface area contributed by atoms with E-state index in [1.54, 1.807) is 31.2 Å². The van der Waals surface area contributed by atoms with Crippen molar-refractivity contribution in [3.8, 4) is 0 Å². The summed E-state index contributed by atoms with van der Waals surface area (Å²) >= 11 is 0. The topological polar surface area (TPSA) is 61.4 Å². The number of rotatable bonds is 4. The predicted molar refractivity (Wildman–Crippen MR) is 87.0 cm³/mol. The van der Waals surface area contributed by atoms with Gasteiger partial charge in [-0.2, -0.15) is 13.2 Å². The molecule has 136 valence electrons. The van der Waals surface area contributed by atoms with Crippen LogP contribution in [-0.4, -0.2) is 17.1 Å². The Hall–Kier alpha value is -3.03. The van der Waals surface area contributed by atoms with Crippen LogP contribution in [0.5, 0.6) is 0 Å². The number of aromatic nitrogens is 1. The Morgan fingerprint density at radius 1 is 1.19 bits per heavy atom. The maximum atomic E-state index is 12.9. The number of hydrogen-bond acceptors (Lipinski definition) is 4. The molecule has 26 heavy (non-hydrogen) atoms. The van der Waals surface area contributed by atoms with E-state index in [9.17, 15) is 22.8 Å². The van der Waals surface area contributed by atoms with Gasteiger partial charge in [0.05, 0.1) is 18.7 Å². The van der Waals surface area contributed by atoms with Crippen LogP contribution in [0.4, 0.5) is 13.2 Å². The van der Waals surface area contributed by atoms with Gasteiger partial charge in [-0.3, -0.25) is 4.79 Å². The van der Waals surface area contributed by atoms with Gasteiger partial charge in [0.2, 0.25) is 5.76 Å². The van der Waals surface area contributed by atoms with Crippen LogP contribution in [0.1, 0.15) is 28.6 Å². The van der Waals surface area contributed by atoms with Gasteiger partial charge in [-0.25, -0.2) is 4.79 Å². The zero-order chi connectivity index (χ0) is 18.9. The largest absolute Gasteiger partial charge is 0.460 e. The van der Waals surface area contributed by atoms with E-state index < -0.39 is 23.3 Å². The molecule has 8 heteroatoms. The number of alkyl halides is 3. The van der Waals surface area contributed by atoms with Crippen molar-refractivity contribution in [3.05, 3.63) is 69.8 Å². The highest BCUT2D eigenvalue weighted by Gasteiger charge is 2.31. The van der Waals surface area contributed by atoms with Crippen molar-refractivity contribution < 1.29 is 27.1 Å². The smallest absolute Gasteiger partial charge is 0.417 e. The van der Waals surface area contributed by atoms with E-state index in [4.69, 9.17) is 9.15 Å². The summed E-state index contributed by atoms with van der Waals surface area (Å²) in [5.74, 6) is -0.865. The van der Waals surface area contributed by atoms with E-state index in [-0.39, 0.29) is 18.9 Å². The summed E-state index contributed by atoms with van der Waals surface area (Å²) in [4.78, 5) is 24.2. The second-order valence-electron chi connectivity index (χ2n) is 5.51. The number of esters is 1. The van der Waals surface area contributed by atoms with E-state index in [2.05, 4.69) is 0 Å². The van der Waals surface area contributed by atoms with Crippen molar-refractivity contribution in [2.24, 2.45) is 0 Å². The normalized spacial score (nSPS) is 11.7. The number of carbonyl (C=O) groups is 1. The molecule has 2 heterocycles. The molecule has 0 amide bonds. The Balaban J connectivity index is 2.13. The minimum Gasteiger partial charge on any atom is -0.460 e. The van der Waals surface area contributed by atoms with E-state index >= 15 is 0 Å². The van der Waals surface area contributed by atoms with E-state index in [1.807, 2.05) is 0 Å². The lowest BCUT2D eigenvalue weighted by molar-refractivity contribution is -0.138. The van der Waals surface area contributed by atoms with Crippen LogP contribution >= 0.6 is 0 Å². The number of halogens is 3. The number of hydrogen-bond donors (Lipinski definition) is 0. The van der Waals surface area contributed by atoms with Gasteiger partial charge in [-0.1, -0.05) is 18.2 Å². The molecule has 0 aliphatic carbocycles. The molecule has 0 fully saturated rings. The van der Waals surface area contributed by atoms with Gasteiger partial charge in [0.15, 0.2) is 0 Å². The zero-order valence-corrected chi connectivity index (χ0v) is 13.7. The number of fused-ring (bicyclic) bond motifs is 1. The molecule has 0 N–H and O–H groups in total. The van der Waals surface area contributed by atoms with Gasteiger partial charge in [0.1, 0.15) is 5.58 Å². The Morgan fingerprint density at radius 3 is 2.62 bits per heavy atom. The summed E-state index contributed by atoms with van der Waals surface area (Å²) < 4.78 is 50.1. The number of pyridine rings is 1. The third kappa shape index (κ3) is 3.35. The lowest BCUT2D eigenvalue weighted by atomic mass is 10.1. The average Bonchev–Trinajstić information content (AvgIpc) is 2.95. The summed E-state index contributed by atoms with van der Waals surface area (Å²) in [7, 11) is 0. The van der Waals surface area contributed by atoms with E-state index in [0.717, 1.165) is 22.9 Å². The molecule has 0 aliphatic heterocycles. The fourth-order valence-corrected chi connectivity index (χ4v) is 2.61. The van der Waals surface area contributed by atoms with Crippen LogP contribution in [0.25, 0.3) is 11.0 Å². The average molecular weight is 365 g/mol. The van der Waals surface area contributed by atoms with Crippen LogP contribution in [0.3, 0.4) is 0 Å². The van der Waals surface area contributed by atoms with Crippen LogP contribution in [0, 0.1) is 0 Å². The molecule has 3 aromatic rings. The Bertz CT molecular complexity index is 1020. The zero-order valence-electron chi connectivity index (χ0n) is 13.7. The third-order valence-electron chi connectivity index (χ3n) is 3.80. The van der Waals surface area contributed by atoms with Gasteiger partial charge >= 0.3 is 12.1 Å².